The van der Waals surface area contributed by atoms with E-state index in [1.165, 1.54) is 0 Å². The SMILES string of the molecule is CC1(C)C2C[C@@H](O)C1(C)[C@H](O)C2. The summed E-state index contributed by atoms with van der Waals surface area (Å²) in [5.41, 5.74) is -0.163. The Balaban J connectivity index is 2.44. The molecule has 2 aliphatic rings. The number of fused-ring (bicyclic) bond motifs is 2. The van der Waals surface area contributed by atoms with Crippen LogP contribution in [0.5, 0.6) is 0 Å². The Bertz CT molecular complexity index is 198. The standard InChI is InChI=1S/C10H18O2/c1-9(2)6-4-7(11)10(9,3)8(12)5-6/h6-8,11-12H,4-5H2,1-3H3/t6?,7-,8-,10?/m1/s1. The van der Waals surface area contributed by atoms with E-state index in [0.717, 1.165) is 12.8 Å². The van der Waals surface area contributed by atoms with E-state index in [9.17, 15) is 10.2 Å². The summed E-state index contributed by atoms with van der Waals surface area (Å²) in [6.07, 6.45) is 1.14. The molecule has 2 N–H and O–H groups in total. The third-order valence-electron chi connectivity index (χ3n) is 4.81. The average molecular weight is 170 g/mol. The molecule has 0 amide bonds. The predicted octanol–water partition coefficient (Wildman–Crippen LogP) is 1.16. The van der Waals surface area contributed by atoms with Gasteiger partial charge in [-0.15, -0.1) is 0 Å². The van der Waals surface area contributed by atoms with Crippen LogP contribution in [0.1, 0.15) is 33.6 Å². The second-order valence-electron chi connectivity index (χ2n) is 5.20. The monoisotopic (exact) mass is 170 g/mol. The highest BCUT2D eigenvalue weighted by Gasteiger charge is 2.65. The van der Waals surface area contributed by atoms with Gasteiger partial charge in [-0.3, -0.25) is 0 Å². The van der Waals surface area contributed by atoms with E-state index in [1.54, 1.807) is 0 Å². The van der Waals surface area contributed by atoms with Gasteiger partial charge in [0.15, 0.2) is 0 Å². The number of hydrogen-bond donors (Lipinski definition) is 2. The number of rotatable bonds is 0. The molecule has 0 aliphatic heterocycles. The van der Waals surface area contributed by atoms with Crippen LogP contribution in [-0.2, 0) is 0 Å². The van der Waals surface area contributed by atoms with E-state index >= 15 is 0 Å². The molecular formula is C10H18O2. The largest absolute Gasteiger partial charge is 0.392 e. The summed E-state index contributed by atoms with van der Waals surface area (Å²) in [4.78, 5) is 0. The Kier molecular flexibility index (Phi) is 1.45. The summed E-state index contributed by atoms with van der Waals surface area (Å²) < 4.78 is 0. The molecule has 70 valence electrons. The van der Waals surface area contributed by atoms with E-state index in [0.29, 0.717) is 5.92 Å². The van der Waals surface area contributed by atoms with Gasteiger partial charge in [0, 0.05) is 5.41 Å². The van der Waals surface area contributed by atoms with Gasteiger partial charge in [0.2, 0.25) is 0 Å². The molecule has 0 aromatic rings. The van der Waals surface area contributed by atoms with Crippen LogP contribution in [-0.4, -0.2) is 22.4 Å². The third kappa shape index (κ3) is 0.647. The first-order valence-electron chi connectivity index (χ1n) is 4.77. The van der Waals surface area contributed by atoms with Crippen molar-refractivity contribution in [2.24, 2.45) is 16.7 Å². The maximum Gasteiger partial charge on any atom is 0.0626 e. The molecule has 12 heavy (non-hydrogen) atoms. The van der Waals surface area contributed by atoms with E-state index in [4.69, 9.17) is 0 Å². The number of aliphatic hydroxyl groups is 2. The van der Waals surface area contributed by atoms with Gasteiger partial charge in [-0.25, -0.2) is 0 Å². The second kappa shape index (κ2) is 2.05. The fourth-order valence-electron chi connectivity index (χ4n) is 3.23. The lowest BCUT2D eigenvalue weighted by Crippen LogP contribution is -2.44. The lowest BCUT2D eigenvalue weighted by atomic mass is 9.69. The van der Waals surface area contributed by atoms with E-state index < -0.39 is 0 Å². The average Bonchev–Trinajstić information content (AvgIpc) is 2.20. The van der Waals surface area contributed by atoms with Crippen molar-refractivity contribution in [2.45, 2.75) is 45.8 Å². The summed E-state index contributed by atoms with van der Waals surface area (Å²) in [5.74, 6) is 0.507. The van der Waals surface area contributed by atoms with Gasteiger partial charge in [-0.2, -0.15) is 0 Å². The van der Waals surface area contributed by atoms with Crippen molar-refractivity contribution in [3.05, 3.63) is 0 Å². The quantitative estimate of drug-likeness (QED) is 0.573. The summed E-state index contributed by atoms with van der Waals surface area (Å²) in [5, 5.41) is 19.6. The van der Waals surface area contributed by atoms with Crippen molar-refractivity contribution < 1.29 is 10.2 Å². The molecule has 2 nitrogen and oxygen atoms in total. The Morgan fingerprint density at radius 2 is 1.42 bits per heavy atom. The molecule has 2 fully saturated rings. The summed E-state index contributed by atoms with van der Waals surface area (Å²) in [6, 6.07) is 0. The molecule has 2 bridgehead atoms. The molecule has 0 aromatic carbocycles. The summed E-state index contributed by atoms with van der Waals surface area (Å²) in [6.45, 7) is 6.36. The number of hydrogen-bond acceptors (Lipinski definition) is 2. The Labute approximate surface area is 73.6 Å². The van der Waals surface area contributed by atoms with Crippen molar-refractivity contribution in [1.82, 2.24) is 0 Å². The molecule has 2 rings (SSSR count). The van der Waals surface area contributed by atoms with Gasteiger partial charge in [-0.05, 0) is 24.2 Å². The Morgan fingerprint density at radius 3 is 1.58 bits per heavy atom. The second-order valence-corrected chi connectivity index (χ2v) is 5.20. The summed E-state index contributed by atoms with van der Waals surface area (Å²) >= 11 is 0. The van der Waals surface area contributed by atoms with Gasteiger partial charge in [-0.1, -0.05) is 20.8 Å². The van der Waals surface area contributed by atoms with E-state index in [1.807, 2.05) is 6.92 Å². The molecule has 0 spiro atoms. The van der Waals surface area contributed by atoms with Gasteiger partial charge < -0.3 is 10.2 Å². The molecule has 2 atom stereocenters. The van der Waals surface area contributed by atoms with Crippen LogP contribution < -0.4 is 0 Å². The van der Waals surface area contributed by atoms with E-state index in [2.05, 4.69) is 13.8 Å². The molecule has 0 unspecified atom stereocenters. The predicted molar refractivity (Wildman–Crippen MR) is 46.6 cm³/mol. The molecule has 0 saturated heterocycles. The first kappa shape index (κ1) is 8.52. The van der Waals surface area contributed by atoms with E-state index in [-0.39, 0.29) is 23.0 Å². The third-order valence-corrected chi connectivity index (χ3v) is 4.81. The normalized spacial score (nSPS) is 56.2. The van der Waals surface area contributed by atoms with Crippen LogP contribution in [0.3, 0.4) is 0 Å². The van der Waals surface area contributed by atoms with Crippen LogP contribution in [0.25, 0.3) is 0 Å². The van der Waals surface area contributed by atoms with Gasteiger partial charge >= 0.3 is 0 Å². The highest BCUT2D eigenvalue weighted by Crippen LogP contribution is 2.65. The minimum Gasteiger partial charge on any atom is -0.392 e. The van der Waals surface area contributed by atoms with Crippen LogP contribution in [0, 0.1) is 16.7 Å². The molecule has 0 heterocycles. The van der Waals surface area contributed by atoms with Crippen molar-refractivity contribution in [1.29, 1.82) is 0 Å². The van der Waals surface area contributed by atoms with Crippen molar-refractivity contribution in [3.63, 3.8) is 0 Å². The molecule has 0 aromatic heterocycles. The zero-order valence-corrected chi connectivity index (χ0v) is 8.04. The molecular weight excluding hydrogens is 152 g/mol. The minimum absolute atomic E-state index is 0.103. The Hall–Kier alpha value is -0.0800. The highest BCUT2D eigenvalue weighted by molar-refractivity contribution is 5.14. The van der Waals surface area contributed by atoms with Crippen molar-refractivity contribution in [2.75, 3.05) is 0 Å². The highest BCUT2D eigenvalue weighted by atomic mass is 16.3. The fraction of sp³-hybridized carbons (Fsp3) is 1.00. The van der Waals surface area contributed by atoms with Gasteiger partial charge in [0.25, 0.3) is 0 Å². The lowest BCUT2D eigenvalue weighted by molar-refractivity contribution is -0.0712. The van der Waals surface area contributed by atoms with Gasteiger partial charge in [0.1, 0.15) is 0 Å². The first-order chi connectivity index (χ1) is 5.40. The molecule has 2 heteroatoms. The van der Waals surface area contributed by atoms with Crippen LogP contribution >= 0.6 is 0 Å². The molecule has 2 saturated carbocycles. The molecule has 0 radical (unpaired) electrons. The molecule has 2 aliphatic carbocycles. The number of aliphatic hydroxyl groups excluding tert-OH is 2. The van der Waals surface area contributed by atoms with Crippen LogP contribution in [0.2, 0.25) is 0 Å². The smallest absolute Gasteiger partial charge is 0.0626 e. The maximum atomic E-state index is 9.82. The van der Waals surface area contributed by atoms with Gasteiger partial charge in [0.05, 0.1) is 12.2 Å². The topological polar surface area (TPSA) is 40.5 Å². The maximum absolute atomic E-state index is 9.82. The lowest BCUT2D eigenvalue weighted by Gasteiger charge is -2.39. The summed E-state index contributed by atoms with van der Waals surface area (Å²) in [7, 11) is 0. The van der Waals surface area contributed by atoms with Crippen molar-refractivity contribution >= 4 is 0 Å². The first-order valence-corrected chi connectivity index (χ1v) is 4.77. The van der Waals surface area contributed by atoms with Crippen LogP contribution in [0.15, 0.2) is 0 Å². The zero-order chi connectivity index (χ0) is 9.15. The Morgan fingerprint density at radius 1 is 1.00 bits per heavy atom. The van der Waals surface area contributed by atoms with Crippen LogP contribution in [0.4, 0.5) is 0 Å². The zero-order valence-electron chi connectivity index (χ0n) is 8.04. The van der Waals surface area contributed by atoms with Crippen molar-refractivity contribution in [3.8, 4) is 0 Å². The fourth-order valence-corrected chi connectivity index (χ4v) is 3.23. The minimum atomic E-state index is -0.304.